The van der Waals surface area contributed by atoms with Crippen LogP contribution in [0, 0.1) is 18.3 Å². The molecular weight excluding hydrogens is 300 g/mol. The van der Waals surface area contributed by atoms with Crippen LogP contribution in [0.3, 0.4) is 0 Å². The summed E-state index contributed by atoms with van der Waals surface area (Å²) >= 11 is 0. The largest absolute Gasteiger partial charge is 0.353 e. The molecule has 1 fully saturated rings. The van der Waals surface area contributed by atoms with Crippen molar-refractivity contribution in [2.75, 3.05) is 31.1 Å². The molecule has 1 aliphatic rings. The maximum Gasteiger partial charge on any atom is 0.227 e. The van der Waals surface area contributed by atoms with Gasteiger partial charge in [0.05, 0.1) is 12.0 Å². The Morgan fingerprint density at radius 2 is 1.83 bits per heavy atom. The number of aryl methyl sites for hydroxylation is 1. The Morgan fingerprint density at radius 3 is 2.42 bits per heavy atom. The smallest absolute Gasteiger partial charge is 0.227 e. The molecule has 0 N–H and O–H groups in total. The van der Waals surface area contributed by atoms with Gasteiger partial charge >= 0.3 is 0 Å². The van der Waals surface area contributed by atoms with E-state index >= 15 is 0 Å². The number of nitrogens with zero attached hydrogens (tertiary/aromatic N) is 4. The highest BCUT2D eigenvalue weighted by molar-refractivity contribution is 5.79. The van der Waals surface area contributed by atoms with Crippen molar-refractivity contribution in [1.29, 1.82) is 5.26 Å². The average Bonchev–Trinajstić information content (AvgIpc) is 2.64. The van der Waals surface area contributed by atoms with Crippen molar-refractivity contribution in [3.63, 3.8) is 0 Å². The summed E-state index contributed by atoms with van der Waals surface area (Å²) in [4.78, 5) is 20.8. The number of carbonyl (C=O) groups excluding carboxylic acids is 1. The van der Waals surface area contributed by atoms with Crippen molar-refractivity contribution < 1.29 is 4.79 Å². The first-order valence-corrected chi connectivity index (χ1v) is 8.10. The van der Waals surface area contributed by atoms with Gasteiger partial charge in [0, 0.05) is 32.4 Å². The summed E-state index contributed by atoms with van der Waals surface area (Å²) in [6.07, 6.45) is 2.04. The normalized spacial score (nSPS) is 14.3. The van der Waals surface area contributed by atoms with E-state index in [9.17, 15) is 4.79 Å². The molecule has 0 aliphatic carbocycles. The number of anilines is 1. The first-order chi connectivity index (χ1) is 11.7. The predicted octanol–water partition coefficient (Wildman–Crippen LogP) is 2.15. The van der Waals surface area contributed by atoms with Gasteiger partial charge in [-0.1, -0.05) is 29.8 Å². The lowest BCUT2D eigenvalue weighted by molar-refractivity contribution is -0.130. The predicted molar refractivity (Wildman–Crippen MR) is 92.6 cm³/mol. The molecule has 5 heteroatoms. The minimum Gasteiger partial charge on any atom is -0.353 e. The summed E-state index contributed by atoms with van der Waals surface area (Å²) in [5.41, 5.74) is 2.82. The topological polar surface area (TPSA) is 60.2 Å². The molecule has 5 nitrogen and oxygen atoms in total. The molecular formula is C19H20N4O. The zero-order valence-corrected chi connectivity index (χ0v) is 13.8. The lowest BCUT2D eigenvalue weighted by Gasteiger charge is -2.35. The molecule has 0 saturated carbocycles. The molecule has 0 atom stereocenters. The fourth-order valence-electron chi connectivity index (χ4n) is 2.82. The van der Waals surface area contributed by atoms with Gasteiger partial charge in [0.2, 0.25) is 5.91 Å². The third-order valence-corrected chi connectivity index (χ3v) is 4.31. The number of rotatable bonds is 3. The Morgan fingerprint density at radius 1 is 1.12 bits per heavy atom. The number of benzene rings is 1. The highest BCUT2D eigenvalue weighted by Crippen LogP contribution is 2.15. The number of pyridine rings is 1. The lowest BCUT2D eigenvalue weighted by Crippen LogP contribution is -2.49. The van der Waals surface area contributed by atoms with Crippen molar-refractivity contribution in [3.05, 3.63) is 59.3 Å². The zero-order valence-electron chi connectivity index (χ0n) is 13.8. The van der Waals surface area contributed by atoms with Gasteiger partial charge in [0.15, 0.2) is 0 Å². The van der Waals surface area contributed by atoms with Gasteiger partial charge in [0.25, 0.3) is 0 Å². The molecule has 1 aromatic carbocycles. The summed E-state index contributed by atoms with van der Waals surface area (Å²) in [5.74, 6) is 1.03. The van der Waals surface area contributed by atoms with Gasteiger partial charge in [-0.2, -0.15) is 5.26 Å². The average molecular weight is 320 g/mol. The van der Waals surface area contributed by atoms with Crippen LogP contribution in [0.2, 0.25) is 0 Å². The Hall–Kier alpha value is -2.87. The van der Waals surface area contributed by atoms with E-state index in [0.717, 1.165) is 24.5 Å². The molecule has 0 unspecified atom stereocenters. The molecule has 1 aliphatic heterocycles. The first-order valence-electron chi connectivity index (χ1n) is 8.10. The van der Waals surface area contributed by atoms with Crippen molar-refractivity contribution in [3.8, 4) is 6.07 Å². The molecule has 3 rings (SSSR count). The molecule has 0 spiro atoms. The maximum absolute atomic E-state index is 12.4. The first kappa shape index (κ1) is 16.0. The van der Waals surface area contributed by atoms with Gasteiger partial charge in [-0.05, 0) is 24.6 Å². The number of hydrogen-bond acceptors (Lipinski definition) is 4. The van der Waals surface area contributed by atoms with Gasteiger partial charge < -0.3 is 9.80 Å². The minimum absolute atomic E-state index is 0.172. The number of hydrogen-bond donors (Lipinski definition) is 0. The second-order valence-corrected chi connectivity index (χ2v) is 6.05. The minimum atomic E-state index is 0.172. The van der Waals surface area contributed by atoms with Crippen molar-refractivity contribution in [1.82, 2.24) is 9.88 Å². The molecule has 24 heavy (non-hydrogen) atoms. The molecule has 1 aromatic heterocycles. The summed E-state index contributed by atoms with van der Waals surface area (Å²) in [6, 6.07) is 13.8. The van der Waals surface area contributed by atoms with Crippen LogP contribution in [-0.2, 0) is 11.2 Å². The Bertz CT molecular complexity index is 738. The number of amides is 1. The van der Waals surface area contributed by atoms with E-state index in [0.29, 0.717) is 25.1 Å². The number of nitriles is 1. The highest BCUT2D eigenvalue weighted by Gasteiger charge is 2.21. The van der Waals surface area contributed by atoms with Gasteiger partial charge in [-0.25, -0.2) is 4.98 Å². The van der Waals surface area contributed by atoms with Crippen molar-refractivity contribution in [2.24, 2.45) is 0 Å². The number of aromatic nitrogens is 1. The second-order valence-electron chi connectivity index (χ2n) is 6.05. The second kappa shape index (κ2) is 7.14. The molecule has 2 heterocycles. The fraction of sp³-hybridized carbons (Fsp3) is 0.316. The highest BCUT2D eigenvalue weighted by atomic mass is 16.2. The SMILES string of the molecule is Cc1ccc(CC(=O)N2CCN(c3ccc(C#N)cn3)CC2)cc1. The summed E-state index contributed by atoms with van der Waals surface area (Å²) in [7, 11) is 0. The summed E-state index contributed by atoms with van der Waals surface area (Å²) < 4.78 is 0. The van der Waals surface area contributed by atoms with Crippen molar-refractivity contribution >= 4 is 11.7 Å². The summed E-state index contributed by atoms with van der Waals surface area (Å²) in [5, 5.41) is 8.82. The lowest BCUT2D eigenvalue weighted by atomic mass is 10.1. The van der Waals surface area contributed by atoms with Crippen LogP contribution in [-0.4, -0.2) is 42.0 Å². The van der Waals surface area contributed by atoms with E-state index in [1.165, 1.54) is 5.56 Å². The monoisotopic (exact) mass is 320 g/mol. The van der Waals surface area contributed by atoms with E-state index in [4.69, 9.17) is 5.26 Å². The van der Waals surface area contributed by atoms with Crippen LogP contribution in [0.15, 0.2) is 42.6 Å². The zero-order chi connectivity index (χ0) is 16.9. The van der Waals surface area contributed by atoms with Crippen LogP contribution in [0.5, 0.6) is 0 Å². The Labute approximate surface area is 142 Å². The quantitative estimate of drug-likeness (QED) is 0.869. The van der Waals surface area contributed by atoms with Crippen LogP contribution in [0.4, 0.5) is 5.82 Å². The van der Waals surface area contributed by atoms with Crippen LogP contribution in [0.1, 0.15) is 16.7 Å². The Kier molecular flexibility index (Phi) is 4.76. The van der Waals surface area contributed by atoms with Gasteiger partial charge in [-0.15, -0.1) is 0 Å². The van der Waals surface area contributed by atoms with E-state index in [-0.39, 0.29) is 5.91 Å². The third kappa shape index (κ3) is 3.72. The van der Waals surface area contributed by atoms with E-state index < -0.39 is 0 Å². The number of carbonyl (C=O) groups is 1. The summed E-state index contributed by atoms with van der Waals surface area (Å²) in [6.45, 7) is 4.97. The molecule has 0 bridgehead atoms. The molecule has 2 aromatic rings. The standard InChI is InChI=1S/C19H20N4O/c1-15-2-4-16(5-3-15)12-19(24)23-10-8-22(9-11-23)18-7-6-17(13-20)14-21-18/h2-7,14H,8-12H2,1H3. The van der Waals surface area contributed by atoms with E-state index in [1.807, 2.05) is 42.2 Å². The van der Waals surface area contributed by atoms with Crippen molar-refractivity contribution in [2.45, 2.75) is 13.3 Å². The maximum atomic E-state index is 12.4. The Balaban J connectivity index is 1.55. The molecule has 0 radical (unpaired) electrons. The third-order valence-electron chi connectivity index (χ3n) is 4.31. The molecule has 1 saturated heterocycles. The molecule has 122 valence electrons. The van der Waals surface area contributed by atoms with Crippen LogP contribution < -0.4 is 4.90 Å². The molecule has 1 amide bonds. The van der Waals surface area contributed by atoms with E-state index in [2.05, 4.69) is 16.0 Å². The van der Waals surface area contributed by atoms with Crippen LogP contribution >= 0.6 is 0 Å². The fourth-order valence-corrected chi connectivity index (χ4v) is 2.82. The number of piperazine rings is 1. The van der Waals surface area contributed by atoms with E-state index in [1.54, 1.807) is 12.3 Å². The van der Waals surface area contributed by atoms with Gasteiger partial charge in [-0.3, -0.25) is 4.79 Å². The van der Waals surface area contributed by atoms with Crippen LogP contribution in [0.25, 0.3) is 0 Å². The van der Waals surface area contributed by atoms with Gasteiger partial charge in [0.1, 0.15) is 11.9 Å².